The van der Waals surface area contributed by atoms with Gasteiger partial charge in [0, 0.05) is 19.5 Å². The summed E-state index contributed by atoms with van der Waals surface area (Å²) >= 11 is 0. The highest BCUT2D eigenvalue weighted by molar-refractivity contribution is 5.98. The van der Waals surface area contributed by atoms with Crippen molar-refractivity contribution in [2.45, 2.75) is 51.9 Å². The van der Waals surface area contributed by atoms with Gasteiger partial charge in [0.15, 0.2) is 6.61 Å². The summed E-state index contributed by atoms with van der Waals surface area (Å²) in [6.07, 6.45) is 2.83. The predicted octanol–water partition coefficient (Wildman–Crippen LogP) is 4.24. The lowest BCUT2D eigenvalue weighted by Gasteiger charge is -2.32. The third kappa shape index (κ3) is 5.41. The second kappa shape index (κ2) is 9.79. The van der Waals surface area contributed by atoms with Crippen molar-refractivity contribution in [3.63, 3.8) is 0 Å². The van der Waals surface area contributed by atoms with Crippen LogP contribution in [0.4, 0.5) is 5.69 Å². The minimum absolute atomic E-state index is 0.0210. The van der Waals surface area contributed by atoms with E-state index in [2.05, 4.69) is 50.4 Å². The van der Waals surface area contributed by atoms with Gasteiger partial charge in [0.2, 0.25) is 5.91 Å². The molecule has 5 nitrogen and oxygen atoms in total. The molecule has 3 rings (SSSR count). The number of ether oxygens (including phenoxy) is 1. The molecule has 1 aliphatic heterocycles. The van der Waals surface area contributed by atoms with Gasteiger partial charge in [-0.25, -0.2) is 0 Å². The van der Waals surface area contributed by atoms with Crippen LogP contribution >= 0.6 is 0 Å². The summed E-state index contributed by atoms with van der Waals surface area (Å²) in [5.41, 5.74) is 3.24. The smallest absolute Gasteiger partial charge is 0.265 e. The van der Waals surface area contributed by atoms with Gasteiger partial charge >= 0.3 is 0 Å². The van der Waals surface area contributed by atoms with Gasteiger partial charge < -0.3 is 15.0 Å². The third-order valence-corrected chi connectivity index (χ3v) is 5.93. The topological polar surface area (TPSA) is 58.6 Å². The van der Waals surface area contributed by atoms with Crippen molar-refractivity contribution in [2.24, 2.45) is 0 Å². The Morgan fingerprint density at radius 3 is 2.67 bits per heavy atom. The van der Waals surface area contributed by atoms with E-state index in [0.717, 1.165) is 24.3 Å². The largest absolute Gasteiger partial charge is 0.482 e. The average molecular weight is 409 g/mol. The summed E-state index contributed by atoms with van der Waals surface area (Å²) in [4.78, 5) is 26.4. The van der Waals surface area contributed by atoms with Crippen LogP contribution in [0.25, 0.3) is 0 Å². The van der Waals surface area contributed by atoms with Gasteiger partial charge in [-0.1, -0.05) is 57.2 Å². The zero-order chi connectivity index (χ0) is 21.6. The molecular formula is C25H32N2O3. The molecule has 0 saturated heterocycles. The molecule has 0 atom stereocenters. The van der Waals surface area contributed by atoms with Gasteiger partial charge in [-0.15, -0.1) is 0 Å². The molecule has 1 N–H and O–H groups in total. The summed E-state index contributed by atoms with van der Waals surface area (Å²) < 4.78 is 5.62. The predicted molar refractivity (Wildman–Crippen MR) is 120 cm³/mol. The first-order valence-electron chi connectivity index (χ1n) is 10.8. The maximum Gasteiger partial charge on any atom is 0.265 e. The minimum Gasteiger partial charge on any atom is -0.482 e. The number of carbonyl (C=O) groups excluding carboxylic acids is 2. The van der Waals surface area contributed by atoms with Crippen LogP contribution in [0.15, 0.2) is 48.5 Å². The standard InChI is InChI=1S/C25H32N2O3/c1-4-25(2,3)20-12-13-22-21(17-20)27(24(29)18-30-22)16-8-11-23(28)26-15-14-19-9-6-5-7-10-19/h5-7,9-10,12-13,17H,4,8,11,14-16,18H2,1-3H3,(H,26,28). The number of anilines is 1. The van der Waals surface area contributed by atoms with E-state index in [1.807, 2.05) is 24.3 Å². The lowest BCUT2D eigenvalue weighted by molar-refractivity contribution is -0.122. The molecule has 0 saturated carbocycles. The molecule has 0 aliphatic carbocycles. The van der Waals surface area contributed by atoms with Crippen molar-refractivity contribution in [3.05, 3.63) is 59.7 Å². The molecule has 2 aromatic carbocycles. The van der Waals surface area contributed by atoms with Crippen LogP contribution in [0.3, 0.4) is 0 Å². The van der Waals surface area contributed by atoms with Crippen molar-refractivity contribution in [1.29, 1.82) is 0 Å². The molecule has 1 heterocycles. The summed E-state index contributed by atoms with van der Waals surface area (Å²) in [5.74, 6) is 0.698. The second-order valence-electron chi connectivity index (χ2n) is 8.44. The fourth-order valence-corrected chi connectivity index (χ4v) is 3.55. The van der Waals surface area contributed by atoms with Gasteiger partial charge in [-0.3, -0.25) is 9.59 Å². The molecule has 2 aromatic rings. The van der Waals surface area contributed by atoms with E-state index in [-0.39, 0.29) is 23.8 Å². The number of benzene rings is 2. The quantitative estimate of drug-likeness (QED) is 0.675. The lowest BCUT2D eigenvalue weighted by Crippen LogP contribution is -2.40. The van der Waals surface area contributed by atoms with E-state index in [4.69, 9.17) is 4.74 Å². The van der Waals surface area contributed by atoms with Crippen molar-refractivity contribution in [3.8, 4) is 5.75 Å². The van der Waals surface area contributed by atoms with Crippen LogP contribution in [-0.2, 0) is 21.4 Å². The molecule has 2 amide bonds. The Kier molecular flexibility index (Phi) is 7.14. The van der Waals surface area contributed by atoms with Gasteiger partial charge in [0.25, 0.3) is 5.91 Å². The Morgan fingerprint density at radius 2 is 1.93 bits per heavy atom. The Bertz CT molecular complexity index is 877. The number of rotatable bonds is 9. The maximum absolute atomic E-state index is 12.5. The Hall–Kier alpha value is -2.82. The van der Waals surface area contributed by atoms with E-state index in [9.17, 15) is 9.59 Å². The minimum atomic E-state index is -0.0570. The molecule has 0 aromatic heterocycles. The van der Waals surface area contributed by atoms with Crippen molar-refractivity contribution < 1.29 is 14.3 Å². The molecule has 160 valence electrons. The van der Waals surface area contributed by atoms with Crippen molar-refractivity contribution >= 4 is 17.5 Å². The summed E-state index contributed by atoms with van der Waals surface area (Å²) in [6, 6.07) is 16.2. The van der Waals surface area contributed by atoms with E-state index >= 15 is 0 Å². The van der Waals surface area contributed by atoms with Crippen LogP contribution in [0.1, 0.15) is 51.2 Å². The molecule has 0 fully saturated rings. The Morgan fingerprint density at radius 1 is 1.17 bits per heavy atom. The van der Waals surface area contributed by atoms with Gasteiger partial charge in [-0.05, 0) is 47.9 Å². The zero-order valence-electron chi connectivity index (χ0n) is 18.2. The Labute approximate surface area is 179 Å². The summed E-state index contributed by atoms with van der Waals surface area (Å²) in [7, 11) is 0. The molecule has 0 radical (unpaired) electrons. The molecule has 30 heavy (non-hydrogen) atoms. The molecule has 0 spiro atoms. The van der Waals surface area contributed by atoms with Crippen LogP contribution in [0, 0.1) is 0 Å². The number of carbonyl (C=O) groups is 2. The first-order valence-corrected chi connectivity index (χ1v) is 10.8. The van der Waals surface area contributed by atoms with Gasteiger partial charge in [0.05, 0.1) is 5.69 Å². The first-order chi connectivity index (χ1) is 14.4. The molecule has 1 aliphatic rings. The van der Waals surface area contributed by atoms with E-state index in [0.29, 0.717) is 25.9 Å². The Balaban J connectivity index is 1.54. The number of nitrogens with zero attached hydrogens (tertiary/aromatic N) is 1. The number of amides is 2. The van der Waals surface area contributed by atoms with Crippen molar-refractivity contribution in [1.82, 2.24) is 5.32 Å². The zero-order valence-corrected chi connectivity index (χ0v) is 18.2. The summed E-state index contributed by atoms with van der Waals surface area (Å²) in [6.45, 7) is 7.74. The van der Waals surface area contributed by atoms with Gasteiger partial charge in [0.1, 0.15) is 5.75 Å². The van der Waals surface area contributed by atoms with E-state index in [1.165, 1.54) is 11.1 Å². The molecular weight excluding hydrogens is 376 g/mol. The summed E-state index contributed by atoms with van der Waals surface area (Å²) in [5, 5.41) is 2.97. The lowest BCUT2D eigenvalue weighted by atomic mass is 9.82. The van der Waals surface area contributed by atoms with Crippen LogP contribution in [0.2, 0.25) is 0 Å². The number of hydrogen-bond acceptors (Lipinski definition) is 3. The number of nitrogens with one attached hydrogen (secondary N) is 1. The fourth-order valence-electron chi connectivity index (χ4n) is 3.55. The third-order valence-electron chi connectivity index (χ3n) is 5.93. The van der Waals surface area contributed by atoms with Gasteiger partial charge in [-0.2, -0.15) is 0 Å². The molecule has 0 unspecified atom stereocenters. The highest BCUT2D eigenvalue weighted by atomic mass is 16.5. The SMILES string of the molecule is CCC(C)(C)c1ccc2c(c1)N(CCCC(=O)NCCc1ccccc1)C(=O)CO2. The normalized spacial score (nSPS) is 13.6. The highest BCUT2D eigenvalue weighted by Gasteiger charge is 2.28. The van der Waals surface area contributed by atoms with E-state index < -0.39 is 0 Å². The maximum atomic E-state index is 12.5. The van der Waals surface area contributed by atoms with Crippen molar-refractivity contribution in [2.75, 3.05) is 24.6 Å². The monoisotopic (exact) mass is 408 g/mol. The molecule has 5 heteroatoms. The van der Waals surface area contributed by atoms with Crippen LogP contribution in [-0.4, -0.2) is 31.5 Å². The van der Waals surface area contributed by atoms with Crippen LogP contribution in [0.5, 0.6) is 5.75 Å². The fraction of sp³-hybridized carbons (Fsp3) is 0.440. The first kappa shape index (κ1) is 21.9. The molecule has 0 bridgehead atoms. The highest BCUT2D eigenvalue weighted by Crippen LogP contribution is 2.37. The number of fused-ring (bicyclic) bond motifs is 1. The van der Waals surface area contributed by atoms with E-state index in [1.54, 1.807) is 4.90 Å². The van der Waals surface area contributed by atoms with Crippen LogP contribution < -0.4 is 15.0 Å². The second-order valence-corrected chi connectivity index (χ2v) is 8.44. The average Bonchev–Trinajstić information content (AvgIpc) is 2.75. The number of hydrogen-bond donors (Lipinski definition) is 1.